The van der Waals surface area contributed by atoms with Gasteiger partial charge in [0, 0.05) is 24.7 Å². The van der Waals surface area contributed by atoms with Gasteiger partial charge < -0.3 is 5.32 Å². The van der Waals surface area contributed by atoms with E-state index >= 15 is 0 Å². The molecule has 2 aromatic carbocycles. The van der Waals surface area contributed by atoms with Crippen molar-refractivity contribution >= 4 is 27.0 Å². The highest BCUT2D eigenvalue weighted by Crippen LogP contribution is 2.19. The molecule has 1 amide bonds. The highest BCUT2D eigenvalue weighted by atomic mass is 32.2. The van der Waals surface area contributed by atoms with Crippen molar-refractivity contribution in [1.29, 1.82) is 0 Å². The second-order valence-electron chi connectivity index (χ2n) is 7.99. The van der Waals surface area contributed by atoms with Crippen molar-refractivity contribution in [3.05, 3.63) is 71.0 Å². The minimum atomic E-state index is -3.37. The summed E-state index contributed by atoms with van der Waals surface area (Å²) >= 11 is 0. The second kappa shape index (κ2) is 8.72. The van der Waals surface area contributed by atoms with E-state index in [9.17, 15) is 13.2 Å². The summed E-state index contributed by atoms with van der Waals surface area (Å²) in [6.07, 6.45) is 1.18. The maximum Gasteiger partial charge on any atom is 0.251 e. The molecule has 0 radical (unpaired) electrons. The number of aromatic nitrogens is 2. The van der Waals surface area contributed by atoms with Crippen LogP contribution in [0.3, 0.4) is 0 Å². The maximum absolute atomic E-state index is 12.7. The molecule has 162 valence electrons. The predicted octanol–water partition coefficient (Wildman–Crippen LogP) is 2.97. The minimum absolute atomic E-state index is 0.00187. The Morgan fingerprint density at radius 3 is 2.32 bits per heavy atom. The Kier molecular flexibility index (Phi) is 6.02. The number of carbonyl (C=O) groups excluding carboxylic acids is 1. The van der Waals surface area contributed by atoms with Gasteiger partial charge in [-0.05, 0) is 50.5 Å². The first-order valence-electron chi connectivity index (χ1n) is 10.4. The van der Waals surface area contributed by atoms with Crippen LogP contribution in [-0.4, -0.2) is 47.7 Å². The molecule has 2 heterocycles. The van der Waals surface area contributed by atoms with Crippen LogP contribution in [0.15, 0.2) is 48.5 Å². The average molecular weight is 439 g/mol. The molecule has 0 saturated carbocycles. The van der Waals surface area contributed by atoms with Crippen molar-refractivity contribution in [3.63, 3.8) is 0 Å². The van der Waals surface area contributed by atoms with E-state index in [0.29, 0.717) is 37.0 Å². The number of aryl methyl sites for hydroxylation is 2. The number of nitrogens with zero attached hydrogens (tertiary/aromatic N) is 3. The largest absolute Gasteiger partial charge is 0.349 e. The first-order chi connectivity index (χ1) is 14.8. The van der Waals surface area contributed by atoms with E-state index in [2.05, 4.69) is 15.3 Å². The summed E-state index contributed by atoms with van der Waals surface area (Å²) in [6, 6.07) is 14.4. The highest BCUT2D eigenvalue weighted by molar-refractivity contribution is 7.88. The number of sulfonamides is 1. The Morgan fingerprint density at radius 2 is 1.65 bits per heavy atom. The van der Waals surface area contributed by atoms with Crippen molar-refractivity contribution < 1.29 is 13.2 Å². The van der Waals surface area contributed by atoms with Gasteiger partial charge in [0.2, 0.25) is 10.0 Å². The summed E-state index contributed by atoms with van der Waals surface area (Å²) in [5.74, 6) is -0.172. The molecule has 8 heteroatoms. The molecule has 7 nitrogen and oxygen atoms in total. The number of amides is 1. The standard InChI is InChI=1S/C23H26N4O3S/c1-16-17(2)25-22-14-19(8-9-21(22)24-16)23(28)26-20-10-12-27(13-11-20)31(29,30)15-18-6-4-3-5-7-18/h3-9,14,20H,10-13,15H2,1-2H3,(H,26,28). The molecule has 4 rings (SSSR count). The number of carbonyl (C=O) groups is 1. The van der Waals surface area contributed by atoms with Crippen LogP contribution in [0.25, 0.3) is 11.0 Å². The molecule has 1 aliphatic heterocycles. The fourth-order valence-corrected chi connectivity index (χ4v) is 5.36. The van der Waals surface area contributed by atoms with Crippen LogP contribution in [0, 0.1) is 13.8 Å². The van der Waals surface area contributed by atoms with E-state index in [1.54, 1.807) is 12.1 Å². The summed E-state index contributed by atoms with van der Waals surface area (Å²) in [5.41, 5.74) is 4.48. The summed E-state index contributed by atoms with van der Waals surface area (Å²) < 4.78 is 26.9. The topological polar surface area (TPSA) is 92.3 Å². The van der Waals surface area contributed by atoms with Gasteiger partial charge in [0.15, 0.2) is 0 Å². The summed E-state index contributed by atoms with van der Waals surface area (Å²) in [7, 11) is -3.37. The van der Waals surface area contributed by atoms with Gasteiger partial charge in [0.25, 0.3) is 5.91 Å². The summed E-state index contributed by atoms with van der Waals surface area (Å²) in [5, 5.41) is 3.04. The first kappa shape index (κ1) is 21.4. The number of hydrogen-bond acceptors (Lipinski definition) is 5. The lowest BCUT2D eigenvalue weighted by Crippen LogP contribution is -2.46. The quantitative estimate of drug-likeness (QED) is 0.661. The Bertz CT molecular complexity index is 1200. The zero-order chi connectivity index (χ0) is 22.0. The fourth-order valence-electron chi connectivity index (χ4n) is 3.80. The molecule has 1 fully saturated rings. The van der Waals surface area contributed by atoms with Crippen LogP contribution in [0.1, 0.15) is 40.2 Å². The Hall–Kier alpha value is -2.84. The number of nitrogens with one attached hydrogen (secondary N) is 1. The lowest BCUT2D eigenvalue weighted by molar-refractivity contribution is 0.0924. The minimum Gasteiger partial charge on any atom is -0.349 e. The van der Waals surface area contributed by atoms with Crippen molar-refractivity contribution in [2.45, 2.75) is 38.5 Å². The number of benzene rings is 2. The molecule has 31 heavy (non-hydrogen) atoms. The van der Waals surface area contributed by atoms with E-state index in [1.165, 1.54) is 4.31 Å². The van der Waals surface area contributed by atoms with Crippen LogP contribution < -0.4 is 5.32 Å². The van der Waals surface area contributed by atoms with Crippen molar-refractivity contribution in [3.8, 4) is 0 Å². The monoisotopic (exact) mass is 438 g/mol. The van der Waals surface area contributed by atoms with Gasteiger partial charge in [-0.25, -0.2) is 22.7 Å². The zero-order valence-corrected chi connectivity index (χ0v) is 18.5. The molecule has 0 bridgehead atoms. The molecule has 1 aromatic heterocycles. The summed E-state index contributed by atoms with van der Waals surface area (Å²) in [6.45, 7) is 4.62. The maximum atomic E-state index is 12.7. The third-order valence-corrected chi connectivity index (χ3v) is 7.56. The number of fused-ring (bicyclic) bond motifs is 1. The van der Waals surface area contributed by atoms with Crippen molar-refractivity contribution in [2.24, 2.45) is 0 Å². The zero-order valence-electron chi connectivity index (χ0n) is 17.7. The fraction of sp³-hybridized carbons (Fsp3) is 0.348. The molecule has 0 spiro atoms. The van der Waals surface area contributed by atoms with E-state index in [4.69, 9.17) is 0 Å². The molecule has 1 aliphatic rings. The van der Waals surface area contributed by atoms with Gasteiger partial charge in [0.05, 0.1) is 28.2 Å². The molecule has 0 aliphatic carbocycles. The van der Waals surface area contributed by atoms with E-state index in [-0.39, 0.29) is 17.7 Å². The Labute approximate surface area is 182 Å². The predicted molar refractivity (Wildman–Crippen MR) is 120 cm³/mol. The lowest BCUT2D eigenvalue weighted by atomic mass is 10.1. The van der Waals surface area contributed by atoms with Crippen LogP contribution in [0.4, 0.5) is 0 Å². The molecule has 1 N–H and O–H groups in total. The smallest absolute Gasteiger partial charge is 0.251 e. The molecular formula is C23H26N4O3S. The van der Waals surface area contributed by atoms with E-state index < -0.39 is 10.0 Å². The second-order valence-corrected chi connectivity index (χ2v) is 9.96. The Balaban J connectivity index is 1.37. The number of hydrogen-bond donors (Lipinski definition) is 1. The molecule has 0 unspecified atom stereocenters. The van der Waals surface area contributed by atoms with Crippen LogP contribution in [-0.2, 0) is 15.8 Å². The first-order valence-corrected chi connectivity index (χ1v) is 12.0. The van der Waals surface area contributed by atoms with Gasteiger partial charge in [-0.2, -0.15) is 0 Å². The van der Waals surface area contributed by atoms with Gasteiger partial charge in [0.1, 0.15) is 0 Å². The van der Waals surface area contributed by atoms with Gasteiger partial charge in [-0.15, -0.1) is 0 Å². The molecule has 1 saturated heterocycles. The average Bonchev–Trinajstić information content (AvgIpc) is 2.75. The van der Waals surface area contributed by atoms with Crippen molar-refractivity contribution in [1.82, 2.24) is 19.6 Å². The van der Waals surface area contributed by atoms with Crippen LogP contribution >= 0.6 is 0 Å². The Morgan fingerprint density at radius 1 is 1.00 bits per heavy atom. The lowest BCUT2D eigenvalue weighted by Gasteiger charge is -2.31. The number of rotatable bonds is 5. The third-order valence-electron chi connectivity index (χ3n) is 5.71. The normalized spacial score (nSPS) is 15.8. The van der Waals surface area contributed by atoms with Gasteiger partial charge >= 0.3 is 0 Å². The van der Waals surface area contributed by atoms with E-state index in [1.807, 2.05) is 50.2 Å². The molecular weight excluding hydrogens is 412 g/mol. The molecule has 0 atom stereocenters. The number of piperidine rings is 1. The SMILES string of the molecule is Cc1nc2ccc(C(=O)NC3CCN(S(=O)(=O)Cc4ccccc4)CC3)cc2nc1C. The third kappa shape index (κ3) is 4.91. The molecule has 3 aromatic rings. The van der Waals surface area contributed by atoms with Gasteiger partial charge in [-0.3, -0.25) is 4.79 Å². The van der Waals surface area contributed by atoms with Gasteiger partial charge in [-0.1, -0.05) is 30.3 Å². The van der Waals surface area contributed by atoms with E-state index in [0.717, 1.165) is 22.5 Å². The summed E-state index contributed by atoms with van der Waals surface area (Å²) in [4.78, 5) is 21.8. The van der Waals surface area contributed by atoms with Crippen LogP contribution in [0.5, 0.6) is 0 Å². The van der Waals surface area contributed by atoms with Crippen molar-refractivity contribution in [2.75, 3.05) is 13.1 Å². The highest BCUT2D eigenvalue weighted by Gasteiger charge is 2.29. The van der Waals surface area contributed by atoms with Crippen LogP contribution in [0.2, 0.25) is 0 Å².